The number of hydrogen-bond donors (Lipinski definition) is 2. The Labute approximate surface area is 202 Å². The molecule has 12 heteroatoms. The van der Waals surface area contributed by atoms with Crippen LogP contribution in [0.4, 0.5) is 13.2 Å². The molecule has 1 aliphatic rings. The van der Waals surface area contributed by atoms with Gasteiger partial charge in [-0.3, -0.25) is 0 Å². The highest BCUT2D eigenvalue weighted by molar-refractivity contribution is 14.0. The molecule has 0 spiro atoms. The summed E-state index contributed by atoms with van der Waals surface area (Å²) in [6.07, 6.45) is -2.71. The van der Waals surface area contributed by atoms with E-state index < -0.39 is 11.7 Å². The van der Waals surface area contributed by atoms with Gasteiger partial charge in [0.15, 0.2) is 11.8 Å². The zero-order chi connectivity index (χ0) is 22.3. The molecule has 2 heterocycles. The van der Waals surface area contributed by atoms with Crippen LogP contribution in [0.25, 0.3) is 0 Å². The summed E-state index contributed by atoms with van der Waals surface area (Å²) in [5, 5.41) is 11.0. The summed E-state index contributed by atoms with van der Waals surface area (Å²) in [6, 6.07) is 4.96. The van der Waals surface area contributed by atoms with Gasteiger partial charge < -0.3 is 20.1 Å². The van der Waals surface area contributed by atoms with Gasteiger partial charge in [0.2, 0.25) is 0 Å². The van der Waals surface area contributed by atoms with Crippen LogP contribution in [0.15, 0.2) is 29.3 Å². The Bertz CT molecular complexity index is 890. The van der Waals surface area contributed by atoms with Crippen LogP contribution >= 0.6 is 24.0 Å². The summed E-state index contributed by atoms with van der Waals surface area (Å²) < 4.78 is 50.8. The first-order chi connectivity index (χ1) is 14.9. The number of guanidine groups is 1. The van der Waals surface area contributed by atoms with Crippen molar-refractivity contribution in [3.05, 3.63) is 41.5 Å². The van der Waals surface area contributed by atoms with Crippen molar-refractivity contribution in [1.82, 2.24) is 25.4 Å². The number of aryl methyl sites for hydroxylation is 1. The number of halogens is 4. The number of nitrogens with one attached hydrogen (secondary N) is 2. The number of fused-ring (bicyclic) bond motifs is 1. The minimum atomic E-state index is -4.39. The van der Waals surface area contributed by atoms with E-state index in [2.05, 4.69) is 25.7 Å². The molecule has 1 aliphatic heterocycles. The van der Waals surface area contributed by atoms with Gasteiger partial charge in [-0.05, 0) is 31.5 Å². The van der Waals surface area contributed by atoms with Crippen molar-refractivity contribution in [2.24, 2.45) is 4.99 Å². The fourth-order valence-corrected chi connectivity index (χ4v) is 3.27. The smallest absolute Gasteiger partial charge is 0.416 e. The van der Waals surface area contributed by atoms with Crippen molar-refractivity contribution in [3.8, 4) is 5.75 Å². The van der Waals surface area contributed by atoms with Crippen molar-refractivity contribution >= 4 is 29.9 Å². The normalized spacial score (nSPS) is 16.2. The van der Waals surface area contributed by atoms with Gasteiger partial charge in [-0.15, -0.1) is 24.0 Å². The monoisotopic (exact) mass is 568 g/mol. The minimum Gasteiger partial charge on any atom is -0.492 e. The third kappa shape index (κ3) is 7.50. The number of rotatable bonds is 8. The van der Waals surface area contributed by atoms with Gasteiger partial charge in [-0.2, -0.15) is 18.3 Å². The number of ether oxygens (including phenoxy) is 2. The van der Waals surface area contributed by atoms with E-state index in [-0.39, 0.29) is 42.4 Å². The van der Waals surface area contributed by atoms with Gasteiger partial charge in [-0.25, -0.2) is 14.7 Å². The summed E-state index contributed by atoms with van der Waals surface area (Å²) >= 11 is 0. The zero-order valence-corrected chi connectivity index (χ0v) is 20.3. The second kappa shape index (κ2) is 12.2. The minimum absolute atomic E-state index is 0. The lowest BCUT2D eigenvalue weighted by atomic mass is 10.1. The number of alkyl halides is 3. The maximum absolute atomic E-state index is 12.8. The molecule has 0 bridgehead atoms. The molecule has 2 aromatic rings. The SMILES string of the molecule is CCNC(=NCCOc1cccc(C(F)(F)F)c1)NC1CCc2nc(COC)nn2C1.I. The van der Waals surface area contributed by atoms with E-state index in [0.29, 0.717) is 38.0 Å². The molecule has 0 saturated heterocycles. The molecule has 1 atom stereocenters. The van der Waals surface area contributed by atoms with Crippen LogP contribution in [0.2, 0.25) is 0 Å². The van der Waals surface area contributed by atoms with Gasteiger partial charge in [-0.1, -0.05) is 6.07 Å². The molecule has 0 fully saturated rings. The maximum atomic E-state index is 12.8. The second-order valence-electron chi connectivity index (χ2n) is 7.07. The van der Waals surface area contributed by atoms with Gasteiger partial charge in [0.1, 0.15) is 24.8 Å². The predicted octanol–water partition coefficient (Wildman–Crippen LogP) is 3.01. The topological polar surface area (TPSA) is 85.6 Å². The largest absolute Gasteiger partial charge is 0.492 e. The molecule has 0 aliphatic carbocycles. The molecule has 0 amide bonds. The molecular weight excluding hydrogens is 540 g/mol. The van der Waals surface area contributed by atoms with Gasteiger partial charge >= 0.3 is 6.18 Å². The number of hydrogen-bond acceptors (Lipinski definition) is 5. The van der Waals surface area contributed by atoms with Crippen LogP contribution < -0.4 is 15.4 Å². The molecule has 8 nitrogen and oxygen atoms in total. The predicted molar refractivity (Wildman–Crippen MR) is 124 cm³/mol. The van der Waals surface area contributed by atoms with E-state index in [4.69, 9.17) is 9.47 Å². The summed E-state index contributed by atoms with van der Waals surface area (Å²) in [5.41, 5.74) is -0.734. The maximum Gasteiger partial charge on any atom is 0.416 e. The third-order valence-corrected chi connectivity index (χ3v) is 4.65. The third-order valence-electron chi connectivity index (χ3n) is 4.65. The molecule has 178 valence electrons. The summed E-state index contributed by atoms with van der Waals surface area (Å²) in [7, 11) is 1.61. The van der Waals surface area contributed by atoms with E-state index in [9.17, 15) is 13.2 Å². The lowest BCUT2D eigenvalue weighted by Crippen LogP contribution is -2.47. The van der Waals surface area contributed by atoms with Crippen molar-refractivity contribution in [3.63, 3.8) is 0 Å². The fourth-order valence-electron chi connectivity index (χ4n) is 3.27. The van der Waals surface area contributed by atoms with E-state index in [1.54, 1.807) is 7.11 Å². The molecule has 3 rings (SSSR count). The Morgan fingerprint density at radius 2 is 2.16 bits per heavy atom. The van der Waals surface area contributed by atoms with Crippen LogP contribution in [0.1, 0.15) is 30.6 Å². The molecule has 1 unspecified atom stereocenters. The van der Waals surface area contributed by atoms with E-state index in [1.165, 1.54) is 12.1 Å². The van der Waals surface area contributed by atoms with E-state index in [1.807, 2.05) is 11.6 Å². The highest BCUT2D eigenvalue weighted by Gasteiger charge is 2.30. The average Bonchev–Trinajstić information content (AvgIpc) is 3.13. The number of benzene rings is 1. The van der Waals surface area contributed by atoms with Crippen LogP contribution in [-0.2, 0) is 30.5 Å². The molecular formula is C20H28F3IN6O2. The number of aliphatic imine (C=N–C) groups is 1. The Morgan fingerprint density at radius 1 is 1.34 bits per heavy atom. The number of aromatic nitrogens is 3. The number of methoxy groups -OCH3 is 1. The van der Waals surface area contributed by atoms with E-state index >= 15 is 0 Å². The second-order valence-corrected chi connectivity index (χ2v) is 7.07. The Morgan fingerprint density at radius 3 is 2.88 bits per heavy atom. The molecule has 0 radical (unpaired) electrons. The Balaban J connectivity index is 0.00000363. The molecule has 32 heavy (non-hydrogen) atoms. The Hall–Kier alpha value is -2.09. The first-order valence-corrected chi connectivity index (χ1v) is 10.2. The molecule has 0 saturated carbocycles. The van der Waals surface area contributed by atoms with Gasteiger partial charge in [0.05, 0.1) is 18.7 Å². The van der Waals surface area contributed by atoms with Crippen LogP contribution in [0.5, 0.6) is 5.75 Å². The zero-order valence-electron chi connectivity index (χ0n) is 18.0. The quantitative estimate of drug-likeness (QED) is 0.221. The summed E-state index contributed by atoms with van der Waals surface area (Å²) in [6.45, 7) is 4.15. The van der Waals surface area contributed by atoms with Gasteiger partial charge in [0.25, 0.3) is 0 Å². The summed E-state index contributed by atoms with van der Waals surface area (Å²) in [4.78, 5) is 8.93. The highest BCUT2D eigenvalue weighted by Crippen LogP contribution is 2.31. The van der Waals surface area contributed by atoms with Crippen molar-refractivity contribution in [2.45, 2.75) is 45.1 Å². The summed E-state index contributed by atoms with van der Waals surface area (Å²) in [5.74, 6) is 2.41. The lowest BCUT2D eigenvalue weighted by molar-refractivity contribution is -0.137. The average molecular weight is 568 g/mol. The van der Waals surface area contributed by atoms with Crippen LogP contribution in [0.3, 0.4) is 0 Å². The van der Waals surface area contributed by atoms with Crippen molar-refractivity contribution < 1.29 is 22.6 Å². The highest BCUT2D eigenvalue weighted by atomic mass is 127. The first-order valence-electron chi connectivity index (χ1n) is 10.2. The van der Waals surface area contributed by atoms with Gasteiger partial charge in [0, 0.05) is 26.1 Å². The van der Waals surface area contributed by atoms with Crippen LogP contribution in [-0.4, -0.2) is 53.6 Å². The lowest BCUT2D eigenvalue weighted by Gasteiger charge is -2.25. The number of nitrogens with zero attached hydrogens (tertiary/aromatic N) is 4. The molecule has 1 aromatic heterocycles. The standard InChI is InChI=1S/C20H27F3N6O2.HI/c1-3-24-19(25-9-10-31-16-6-4-5-14(11-16)20(21,22)23)26-15-7-8-18-27-17(13-30-2)28-29(18)12-15;/h4-6,11,15H,3,7-10,12-13H2,1-2H3,(H2,24,25,26);1H. The fraction of sp³-hybridized carbons (Fsp3) is 0.550. The van der Waals surface area contributed by atoms with Crippen molar-refractivity contribution in [1.29, 1.82) is 0 Å². The Kier molecular flexibility index (Phi) is 10.0. The van der Waals surface area contributed by atoms with E-state index in [0.717, 1.165) is 30.8 Å². The molecule has 2 N–H and O–H groups in total. The molecule has 1 aromatic carbocycles. The van der Waals surface area contributed by atoms with Crippen LogP contribution in [0, 0.1) is 0 Å². The first kappa shape index (κ1) is 26.2. The van der Waals surface area contributed by atoms with Crippen molar-refractivity contribution in [2.75, 3.05) is 26.8 Å².